The number of likely N-dealkylation sites (tertiary alicyclic amines) is 3. The molecular weight excluding hydrogens is 610 g/mol. The number of benzene rings is 3. The number of nitrogens with zero attached hydrogens (tertiary/aromatic N) is 3. The van der Waals surface area contributed by atoms with E-state index in [2.05, 4.69) is 85.2 Å². The first kappa shape index (κ1) is 30.8. The minimum Gasteiger partial charge on any atom is -0.342 e. The van der Waals surface area contributed by atoms with E-state index in [1.54, 1.807) is 0 Å². The number of hydrogen-bond donors (Lipinski definition) is 0. The number of rotatable bonds is 8. The molecule has 1 spiro atoms. The molecule has 0 radical (unpaired) electrons. The van der Waals surface area contributed by atoms with E-state index in [9.17, 15) is 9.59 Å². The van der Waals surface area contributed by atoms with Crippen LogP contribution in [0, 0.1) is 11.3 Å². The summed E-state index contributed by atoms with van der Waals surface area (Å²) >= 11 is 3.50. The molecule has 0 bridgehead atoms. The van der Waals surface area contributed by atoms with Gasteiger partial charge in [0, 0.05) is 49.5 Å². The fourth-order valence-corrected chi connectivity index (χ4v) is 7.47. The molecule has 3 aromatic rings. The van der Waals surface area contributed by atoms with Gasteiger partial charge in [-0.05, 0) is 73.5 Å². The van der Waals surface area contributed by atoms with Crippen LogP contribution in [0.1, 0.15) is 48.3 Å². The topological polar surface area (TPSA) is 43.9 Å². The van der Waals surface area contributed by atoms with Crippen LogP contribution in [0.4, 0.5) is 0 Å². The molecule has 2 atom stereocenters. The largest absolute Gasteiger partial charge is 0.342 e. The van der Waals surface area contributed by atoms with Crippen LogP contribution < -0.4 is 0 Å². The molecule has 3 saturated heterocycles. The molecule has 0 aromatic heterocycles. The lowest BCUT2D eigenvalue weighted by molar-refractivity contribution is -0.139. The maximum Gasteiger partial charge on any atom is 0.229 e. The number of halogens is 2. The third kappa shape index (κ3) is 6.93. The van der Waals surface area contributed by atoms with Crippen LogP contribution in [-0.2, 0) is 22.6 Å². The van der Waals surface area contributed by atoms with Gasteiger partial charge < -0.3 is 14.7 Å². The number of piperidine rings is 1. The van der Waals surface area contributed by atoms with Crippen molar-refractivity contribution >= 4 is 40.2 Å². The van der Waals surface area contributed by atoms with E-state index in [0.717, 1.165) is 69.4 Å². The molecule has 0 N–H and O–H groups in total. The van der Waals surface area contributed by atoms with Crippen LogP contribution in [0.3, 0.4) is 0 Å². The van der Waals surface area contributed by atoms with Crippen molar-refractivity contribution in [2.75, 3.05) is 39.3 Å². The summed E-state index contributed by atoms with van der Waals surface area (Å²) in [6.07, 6.45) is 4.19. The van der Waals surface area contributed by atoms with Crippen molar-refractivity contribution in [3.05, 3.63) is 106 Å². The van der Waals surface area contributed by atoms with Gasteiger partial charge in [-0.3, -0.25) is 9.59 Å². The standard InChI is InChI=1S/C35H40BrN3O2.ClH/c36-31-14-11-28(12-15-31)23-38-22-19-35(34(38)41)17-20-37(21-18-35)24-30-25-39(26-32(30)29-9-5-2-6-10-29)33(40)16-13-27-7-3-1-4-8-27;/h1-12,14-15,30,32H,13,16-26H2;1H/t30-,32+;/m0./s1. The first-order valence-electron chi connectivity index (χ1n) is 15.1. The SMILES string of the molecule is Cl.O=C(CCc1ccccc1)N1C[C@H](CN2CCC3(CC2)CCN(Cc2ccc(Br)cc2)C3=O)[C@@H](c2ccccc2)C1. The Labute approximate surface area is 264 Å². The van der Waals surface area contributed by atoms with E-state index in [4.69, 9.17) is 0 Å². The summed E-state index contributed by atoms with van der Waals surface area (Å²) in [5, 5.41) is 0. The van der Waals surface area contributed by atoms with E-state index >= 15 is 0 Å². The minimum absolute atomic E-state index is 0. The molecule has 5 nitrogen and oxygen atoms in total. The van der Waals surface area contributed by atoms with Crippen LogP contribution >= 0.6 is 28.3 Å². The molecule has 0 aliphatic carbocycles. The Morgan fingerprint density at radius 3 is 2.14 bits per heavy atom. The Bertz CT molecular complexity index is 1330. The van der Waals surface area contributed by atoms with Crippen molar-refractivity contribution in [2.24, 2.45) is 11.3 Å². The van der Waals surface area contributed by atoms with Crippen LogP contribution in [-0.4, -0.2) is 65.8 Å². The van der Waals surface area contributed by atoms with E-state index in [1.807, 2.05) is 30.3 Å². The fraction of sp³-hybridized carbons (Fsp3) is 0.429. The van der Waals surface area contributed by atoms with Gasteiger partial charge >= 0.3 is 0 Å². The van der Waals surface area contributed by atoms with Crippen molar-refractivity contribution in [1.29, 1.82) is 0 Å². The van der Waals surface area contributed by atoms with Crippen LogP contribution in [0.2, 0.25) is 0 Å². The lowest BCUT2D eigenvalue weighted by atomic mass is 9.76. The van der Waals surface area contributed by atoms with Gasteiger partial charge in [-0.25, -0.2) is 0 Å². The Kier molecular flexibility index (Phi) is 10.1. The monoisotopic (exact) mass is 649 g/mol. The second kappa shape index (κ2) is 13.7. The average molecular weight is 651 g/mol. The molecular formula is C35H41BrClN3O2. The molecule has 0 unspecified atom stereocenters. The highest BCUT2D eigenvalue weighted by Crippen LogP contribution is 2.43. The molecule has 3 aromatic carbocycles. The summed E-state index contributed by atoms with van der Waals surface area (Å²) in [7, 11) is 0. The van der Waals surface area contributed by atoms with Crippen LogP contribution in [0.25, 0.3) is 0 Å². The molecule has 3 aliphatic heterocycles. The van der Waals surface area contributed by atoms with Gasteiger partial charge in [-0.2, -0.15) is 0 Å². The second-order valence-corrected chi connectivity index (χ2v) is 13.2. The van der Waals surface area contributed by atoms with Crippen molar-refractivity contribution in [3.63, 3.8) is 0 Å². The number of carbonyl (C=O) groups is 2. The quantitative estimate of drug-likeness (QED) is 0.278. The number of carbonyl (C=O) groups excluding carboxylic acids is 2. The third-order valence-corrected chi connectivity index (χ3v) is 10.2. The van der Waals surface area contributed by atoms with Crippen molar-refractivity contribution in [1.82, 2.24) is 14.7 Å². The first-order valence-corrected chi connectivity index (χ1v) is 15.9. The van der Waals surface area contributed by atoms with Crippen molar-refractivity contribution in [3.8, 4) is 0 Å². The highest BCUT2D eigenvalue weighted by Gasteiger charge is 2.48. The maximum absolute atomic E-state index is 13.6. The van der Waals surface area contributed by atoms with Gasteiger partial charge in [-0.15, -0.1) is 12.4 Å². The van der Waals surface area contributed by atoms with Gasteiger partial charge in [0.05, 0.1) is 5.41 Å². The maximum atomic E-state index is 13.6. The number of amides is 2. The number of hydrogen-bond acceptors (Lipinski definition) is 3. The van der Waals surface area contributed by atoms with Crippen molar-refractivity contribution in [2.45, 2.75) is 44.6 Å². The molecule has 42 heavy (non-hydrogen) atoms. The Hall–Kier alpha value is -2.67. The van der Waals surface area contributed by atoms with Gasteiger partial charge in [0.1, 0.15) is 0 Å². The van der Waals surface area contributed by atoms with Gasteiger partial charge in [0.25, 0.3) is 0 Å². The molecule has 3 aliphatic rings. The predicted molar refractivity (Wildman–Crippen MR) is 174 cm³/mol. The minimum atomic E-state index is -0.195. The lowest BCUT2D eigenvalue weighted by Gasteiger charge is -2.39. The molecule has 3 fully saturated rings. The first-order chi connectivity index (χ1) is 20.0. The molecule has 7 heteroatoms. The smallest absolute Gasteiger partial charge is 0.229 e. The second-order valence-electron chi connectivity index (χ2n) is 12.2. The molecule has 222 valence electrons. The fourth-order valence-electron chi connectivity index (χ4n) is 7.20. The molecule has 0 saturated carbocycles. The van der Waals surface area contributed by atoms with E-state index in [-0.39, 0.29) is 23.7 Å². The van der Waals surface area contributed by atoms with Crippen LogP contribution in [0.5, 0.6) is 0 Å². The average Bonchev–Trinajstić information content (AvgIpc) is 3.56. The third-order valence-electron chi connectivity index (χ3n) is 9.69. The zero-order valence-corrected chi connectivity index (χ0v) is 26.6. The van der Waals surface area contributed by atoms with Gasteiger partial charge in [0.15, 0.2) is 0 Å². The summed E-state index contributed by atoms with van der Waals surface area (Å²) in [5.41, 5.74) is 3.54. The summed E-state index contributed by atoms with van der Waals surface area (Å²) in [4.78, 5) is 33.6. The molecule has 3 heterocycles. The normalized spacial score (nSPS) is 22.0. The van der Waals surface area contributed by atoms with Crippen LogP contribution in [0.15, 0.2) is 89.4 Å². The Balaban J connectivity index is 0.00000353. The zero-order valence-electron chi connectivity index (χ0n) is 24.2. The Morgan fingerprint density at radius 2 is 1.45 bits per heavy atom. The number of aryl methyl sites for hydroxylation is 1. The summed E-state index contributed by atoms with van der Waals surface area (Å²) in [5.74, 6) is 1.36. The highest BCUT2D eigenvalue weighted by molar-refractivity contribution is 9.10. The predicted octanol–water partition coefficient (Wildman–Crippen LogP) is 6.56. The van der Waals surface area contributed by atoms with Gasteiger partial charge in [-0.1, -0.05) is 88.7 Å². The molecule has 2 amide bonds. The van der Waals surface area contributed by atoms with E-state index in [1.165, 1.54) is 16.7 Å². The van der Waals surface area contributed by atoms with E-state index < -0.39 is 0 Å². The highest BCUT2D eigenvalue weighted by atomic mass is 79.9. The van der Waals surface area contributed by atoms with Crippen molar-refractivity contribution < 1.29 is 9.59 Å². The summed E-state index contributed by atoms with van der Waals surface area (Å²) < 4.78 is 1.06. The molecule has 6 rings (SSSR count). The summed E-state index contributed by atoms with van der Waals surface area (Å²) in [6, 6.07) is 29.3. The zero-order chi connectivity index (χ0) is 28.2. The lowest BCUT2D eigenvalue weighted by Crippen LogP contribution is -2.46. The summed E-state index contributed by atoms with van der Waals surface area (Å²) in [6.45, 7) is 6.06. The Morgan fingerprint density at radius 1 is 0.810 bits per heavy atom. The van der Waals surface area contributed by atoms with Gasteiger partial charge in [0.2, 0.25) is 11.8 Å². The van der Waals surface area contributed by atoms with E-state index in [0.29, 0.717) is 30.7 Å².